The third kappa shape index (κ3) is 4.89. The van der Waals surface area contributed by atoms with Crippen LogP contribution < -0.4 is 10.0 Å². The molecule has 0 spiro atoms. The first kappa shape index (κ1) is 20.3. The van der Waals surface area contributed by atoms with E-state index in [0.717, 1.165) is 0 Å². The molecule has 148 valence electrons. The summed E-state index contributed by atoms with van der Waals surface area (Å²) in [6.07, 6.45) is 0. The number of carbonyl (C=O) groups excluding carboxylic acids is 1. The third-order valence-electron chi connectivity index (χ3n) is 3.88. The highest BCUT2D eigenvalue weighted by atomic mass is 35.5. The average molecular weight is 432 g/mol. The Balaban J connectivity index is 1.71. The Kier molecular flexibility index (Phi) is 5.81. The van der Waals surface area contributed by atoms with Gasteiger partial charge in [0.05, 0.1) is 20.5 Å². The largest absolute Gasteiger partial charge is 0.322 e. The molecule has 0 bridgehead atoms. The Morgan fingerprint density at radius 3 is 2.14 bits per heavy atom. The molecule has 0 fully saturated rings. The molecular weight excluding hydrogens is 418 g/mol. The van der Waals surface area contributed by atoms with Crippen molar-refractivity contribution >= 4 is 44.6 Å². The Bertz CT molecular complexity index is 1160. The fourth-order valence-corrected chi connectivity index (χ4v) is 3.72. The Morgan fingerprint density at radius 2 is 1.55 bits per heavy atom. The lowest BCUT2D eigenvalue weighted by Gasteiger charge is -2.10. The predicted octanol–water partition coefficient (Wildman–Crippen LogP) is 4.30. The number of hydrogen-bond donors (Lipinski definition) is 2. The summed E-state index contributed by atoms with van der Waals surface area (Å²) in [5.41, 5.74) is 0.726. The summed E-state index contributed by atoms with van der Waals surface area (Å²) in [4.78, 5) is 22.3. The highest BCUT2D eigenvalue weighted by molar-refractivity contribution is 7.92. The van der Waals surface area contributed by atoms with E-state index in [4.69, 9.17) is 11.6 Å². The van der Waals surface area contributed by atoms with Crippen LogP contribution in [0.5, 0.6) is 0 Å². The second kappa shape index (κ2) is 8.29. The van der Waals surface area contributed by atoms with Crippen molar-refractivity contribution in [1.29, 1.82) is 0 Å². The maximum atomic E-state index is 12.5. The quantitative estimate of drug-likeness (QED) is 0.445. The molecule has 0 aliphatic heterocycles. The fourth-order valence-electron chi connectivity index (χ4n) is 2.40. The summed E-state index contributed by atoms with van der Waals surface area (Å²) in [5, 5.41) is 13.5. The minimum atomic E-state index is -3.86. The summed E-state index contributed by atoms with van der Waals surface area (Å²) in [5.74, 6) is -0.482. The van der Waals surface area contributed by atoms with Gasteiger partial charge in [0.25, 0.3) is 21.6 Å². The molecule has 1 amide bonds. The first-order valence-corrected chi connectivity index (χ1v) is 10.1. The summed E-state index contributed by atoms with van der Waals surface area (Å²) in [6.45, 7) is 0. The highest BCUT2D eigenvalue weighted by Gasteiger charge is 2.16. The van der Waals surface area contributed by atoms with E-state index in [9.17, 15) is 23.3 Å². The van der Waals surface area contributed by atoms with Gasteiger partial charge in [0, 0.05) is 23.4 Å². The second-order valence-corrected chi connectivity index (χ2v) is 7.96. The Hall–Kier alpha value is -3.43. The molecule has 0 aliphatic carbocycles. The zero-order chi connectivity index (χ0) is 21.0. The van der Waals surface area contributed by atoms with Crippen molar-refractivity contribution < 1.29 is 18.1 Å². The van der Waals surface area contributed by atoms with Crippen LogP contribution >= 0.6 is 11.6 Å². The molecule has 0 radical (unpaired) electrons. The van der Waals surface area contributed by atoms with Gasteiger partial charge in [-0.15, -0.1) is 0 Å². The van der Waals surface area contributed by atoms with Crippen molar-refractivity contribution in [2.24, 2.45) is 0 Å². The van der Waals surface area contributed by atoms with E-state index < -0.39 is 20.9 Å². The smallest absolute Gasteiger partial charge is 0.269 e. The van der Waals surface area contributed by atoms with Crippen LogP contribution in [0.3, 0.4) is 0 Å². The first-order chi connectivity index (χ1) is 13.8. The zero-order valence-electron chi connectivity index (χ0n) is 14.7. The maximum Gasteiger partial charge on any atom is 0.269 e. The van der Waals surface area contributed by atoms with E-state index in [1.54, 1.807) is 24.3 Å². The number of nitrogens with zero attached hydrogens (tertiary/aromatic N) is 1. The van der Waals surface area contributed by atoms with Crippen LogP contribution in [-0.2, 0) is 10.0 Å². The summed E-state index contributed by atoms with van der Waals surface area (Å²) >= 11 is 5.97. The van der Waals surface area contributed by atoms with Gasteiger partial charge in [-0.2, -0.15) is 0 Å². The zero-order valence-corrected chi connectivity index (χ0v) is 16.3. The van der Waals surface area contributed by atoms with Gasteiger partial charge < -0.3 is 5.32 Å². The molecule has 0 aliphatic rings. The van der Waals surface area contributed by atoms with Crippen molar-refractivity contribution in [3.8, 4) is 0 Å². The molecule has 2 N–H and O–H groups in total. The monoisotopic (exact) mass is 431 g/mol. The molecule has 10 heteroatoms. The van der Waals surface area contributed by atoms with Gasteiger partial charge in [-0.25, -0.2) is 8.42 Å². The van der Waals surface area contributed by atoms with Crippen molar-refractivity contribution in [1.82, 2.24) is 0 Å². The number of para-hydroxylation sites is 1. The lowest BCUT2D eigenvalue weighted by Crippen LogP contribution is -2.14. The Labute approximate surface area is 171 Å². The van der Waals surface area contributed by atoms with Crippen molar-refractivity contribution in [3.63, 3.8) is 0 Å². The number of non-ortho nitro benzene ring substituents is 1. The van der Waals surface area contributed by atoms with Gasteiger partial charge in [-0.1, -0.05) is 23.7 Å². The van der Waals surface area contributed by atoms with E-state index in [2.05, 4.69) is 10.0 Å². The van der Waals surface area contributed by atoms with Gasteiger partial charge >= 0.3 is 0 Å². The number of benzene rings is 3. The van der Waals surface area contributed by atoms with Gasteiger partial charge in [0.15, 0.2) is 0 Å². The number of nitro groups is 1. The van der Waals surface area contributed by atoms with Gasteiger partial charge in [0.1, 0.15) is 0 Å². The SMILES string of the molecule is O=C(Nc1ccc(S(=O)(=O)Nc2ccccc2Cl)cc1)c1ccc([N+](=O)[O-])cc1. The van der Waals surface area contributed by atoms with Crippen LogP contribution in [0, 0.1) is 10.1 Å². The number of carbonyl (C=O) groups is 1. The molecular formula is C19H14ClN3O5S. The number of anilines is 2. The molecule has 3 rings (SSSR count). The number of rotatable bonds is 6. The molecule has 0 atom stereocenters. The van der Waals surface area contributed by atoms with Crippen molar-refractivity contribution in [2.75, 3.05) is 10.0 Å². The van der Waals surface area contributed by atoms with Crippen LogP contribution in [0.4, 0.5) is 17.1 Å². The third-order valence-corrected chi connectivity index (χ3v) is 5.59. The molecule has 0 saturated heterocycles. The molecule has 0 unspecified atom stereocenters. The lowest BCUT2D eigenvalue weighted by molar-refractivity contribution is -0.384. The molecule has 29 heavy (non-hydrogen) atoms. The fraction of sp³-hybridized carbons (Fsp3) is 0. The first-order valence-electron chi connectivity index (χ1n) is 8.19. The van der Waals surface area contributed by atoms with E-state index in [0.29, 0.717) is 5.69 Å². The van der Waals surface area contributed by atoms with Gasteiger partial charge in [0.2, 0.25) is 0 Å². The van der Waals surface area contributed by atoms with Gasteiger partial charge in [-0.3, -0.25) is 19.6 Å². The number of halogens is 1. The van der Waals surface area contributed by atoms with Crippen LogP contribution in [0.1, 0.15) is 10.4 Å². The summed E-state index contributed by atoms with van der Waals surface area (Å²) in [6, 6.07) is 17.1. The minimum Gasteiger partial charge on any atom is -0.322 e. The lowest BCUT2D eigenvalue weighted by atomic mass is 10.2. The van der Waals surface area contributed by atoms with Crippen molar-refractivity contribution in [2.45, 2.75) is 4.90 Å². The van der Waals surface area contributed by atoms with E-state index in [-0.39, 0.29) is 26.9 Å². The molecule has 8 nitrogen and oxygen atoms in total. The number of hydrogen-bond acceptors (Lipinski definition) is 5. The van der Waals surface area contributed by atoms with E-state index >= 15 is 0 Å². The number of nitro benzene ring substituents is 1. The number of amides is 1. The standard InChI is InChI=1S/C19H14ClN3O5S/c20-17-3-1-2-4-18(17)22-29(27,28)16-11-7-14(8-12-16)21-19(24)13-5-9-15(10-6-13)23(25)26/h1-12,22H,(H,21,24). The van der Waals surface area contributed by atoms with Crippen LogP contribution in [-0.4, -0.2) is 19.2 Å². The Morgan fingerprint density at radius 1 is 0.931 bits per heavy atom. The van der Waals surface area contributed by atoms with E-state index in [1.807, 2.05) is 0 Å². The molecule has 3 aromatic carbocycles. The van der Waals surface area contributed by atoms with Crippen LogP contribution in [0.25, 0.3) is 0 Å². The van der Waals surface area contributed by atoms with Crippen molar-refractivity contribution in [3.05, 3.63) is 93.5 Å². The maximum absolute atomic E-state index is 12.5. The minimum absolute atomic E-state index is 0.00856. The highest BCUT2D eigenvalue weighted by Crippen LogP contribution is 2.24. The predicted molar refractivity (Wildman–Crippen MR) is 110 cm³/mol. The van der Waals surface area contributed by atoms with Gasteiger partial charge in [-0.05, 0) is 48.5 Å². The molecule has 0 saturated carbocycles. The molecule has 0 heterocycles. The van der Waals surface area contributed by atoms with Crippen LogP contribution in [0.15, 0.2) is 77.7 Å². The topological polar surface area (TPSA) is 118 Å². The molecule has 3 aromatic rings. The molecule has 0 aromatic heterocycles. The summed E-state index contributed by atoms with van der Waals surface area (Å²) < 4.78 is 27.4. The number of sulfonamides is 1. The van der Waals surface area contributed by atoms with E-state index in [1.165, 1.54) is 48.5 Å². The average Bonchev–Trinajstić information content (AvgIpc) is 2.70. The number of nitrogens with one attached hydrogen (secondary N) is 2. The normalized spacial score (nSPS) is 10.9. The van der Waals surface area contributed by atoms with Crippen LogP contribution in [0.2, 0.25) is 5.02 Å². The second-order valence-electron chi connectivity index (χ2n) is 5.87. The summed E-state index contributed by atoms with van der Waals surface area (Å²) in [7, 11) is -3.86.